The zero-order chi connectivity index (χ0) is 30.9. The fraction of sp³-hybridized carbons (Fsp3) is 0.143. The van der Waals surface area contributed by atoms with Gasteiger partial charge in [-0.05, 0) is 73.3 Å². The number of nitrogens with two attached hydrogens (primary N) is 1. The largest absolute Gasteiger partial charge is 0.487 e. The molecule has 0 radical (unpaired) electrons. The summed E-state index contributed by atoms with van der Waals surface area (Å²) in [5.41, 5.74) is 15.0. The lowest BCUT2D eigenvalue weighted by Crippen LogP contribution is -2.26. The summed E-state index contributed by atoms with van der Waals surface area (Å²) < 4.78 is 20.8. The molecule has 0 aliphatic carbocycles. The van der Waals surface area contributed by atoms with Gasteiger partial charge in [-0.2, -0.15) is 5.10 Å². The standard InChI is InChI=1S/C35H31FN8O/c1-44(2)19-29(37)23-10-22(11-25(36)12-23)28-17-39-18-33-27(28)14-32(40-33)35-34-31(42-43-35)9-8-30(41-34)24-13-26(16-38-15-24)45-20-21-6-4-3-5-7-21/h3-18,29,40H,19-20,37H2,1-2H3,(H,42,43). The Bertz CT molecular complexity index is 2120. The summed E-state index contributed by atoms with van der Waals surface area (Å²) in [6.07, 6.45) is 6.96. The van der Waals surface area contributed by atoms with Crippen molar-refractivity contribution in [3.8, 4) is 39.5 Å². The molecule has 7 rings (SSSR count). The van der Waals surface area contributed by atoms with Crippen LogP contribution in [-0.4, -0.2) is 55.7 Å². The summed E-state index contributed by atoms with van der Waals surface area (Å²) in [6, 6.07) is 22.4. The van der Waals surface area contributed by atoms with Gasteiger partial charge in [0.15, 0.2) is 0 Å². The van der Waals surface area contributed by atoms with Crippen molar-refractivity contribution in [3.63, 3.8) is 0 Å². The Morgan fingerprint density at radius 2 is 1.73 bits per heavy atom. The van der Waals surface area contributed by atoms with Crippen LogP contribution < -0.4 is 10.5 Å². The highest BCUT2D eigenvalue weighted by Gasteiger charge is 2.18. The first-order valence-electron chi connectivity index (χ1n) is 14.6. The second kappa shape index (κ2) is 11.9. The van der Waals surface area contributed by atoms with Crippen LogP contribution >= 0.6 is 0 Å². The highest BCUT2D eigenvalue weighted by atomic mass is 19.1. The van der Waals surface area contributed by atoms with E-state index in [9.17, 15) is 4.39 Å². The maximum absolute atomic E-state index is 14.8. The Hall–Kier alpha value is -5.45. The first-order chi connectivity index (χ1) is 21.9. The van der Waals surface area contributed by atoms with E-state index in [1.165, 1.54) is 12.1 Å². The van der Waals surface area contributed by atoms with Crippen LogP contribution in [0.2, 0.25) is 0 Å². The van der Waals surface area contributed by atoms with Crippen LogP contribution in [0.1, 0.15) is 17.2 Å². The van der Waals surface area contributed by atoms with Crippen LogP contribution in [0.25, 0.3) is 55.7 Å². The molecule has 2 aromatic carbocycles. The highest BCUT2D eigenvalue weighted by Crippen LogP contribution is 2.35. The normalized spacial score (nSPS) is 12.3. The number of ether oxygens (including phenoxy) is 1. The van der Waals surface area contributed by atoms with Gasteiger partial charge in [0.05, 0.1) is 34.8 Å². The van der Waals surface area contributed by atoms with E-state index in [1.807, 2.05) is 79.7 Å². The van der Waals surface area contributed by atoms with E-state index in [4.69, 9.17) is 15.5 Å². The molecular formula is C35H31FN8O. The van der Waals surface area contributed by atoms with E-state index in [0.717, 1.165) is 50.1 Å². The molecule has 224 valence electrons. The van der Waals surface area contributed by atoms with E-state index < -0.39 is 0 Å². The summed E-state index contributed by atoms with van der Waals surface area (Å²) in [4.78, 5) is 19.2. The van der Waals surface area contributed by atoms with Crippen LogP contribution in [-0.2, 0) is 6.61 Å². The van der Waals surface area contributed by atoms with E-state index in [-0.39, 0.29) is 11.9 Å². The van der Waals surface area contributed by atoms with Crippen molar-refractivity contribution in [1.82, 2.24) is 35.0 Å². The maximum atomic E-state index is 14.8. The molecule has 1 unspecified atom stereocenters. The number of aromatic nitrogens is 6. The number of rotatable bonds is 9. The van der Waals surface area contributed by atoms with Crippen LogP contribution in [0.15, 0.2) is 97.6 Å². The molecular weight excluding hydrogens is 567 g/mol. The number of pyridine rings is 3. The lowest BCUT2D eigenvalue weighted by atomic mass is 9.98. The van der Waals surface area contributed by atoms with E-state index in [0.29, 0.717) is 35.7 Å². The minimum Gasteiger partial charge on any atom is -0.487 e. The summed E-state index contributed by atoms with van der Waals surface area (Å²) >= 11 is 0. The molecule has 7 aromatic rings. The predicted octanol–water partition coefficient (Wildman–Crippen LogP) is 6.51. The molecule has 0 aliphatic rings. The van der Waals surface area contributed by atoms with Crippen molar-refractivity contribution >= 4 is 21.9 Å². The number of H-pyrrole nitrogens is 2. The van der Waals surface area contributed by atoms with Gasteiger partial charge in [-0.1, -0.05) is 30.3 Å². The quantitative estimate of drug-likeness (QED) is 0.173. The maximum Gasteiger partial charge on any atom is 0.138 e. The third-order valence-electron chi connectivity index (χ3n) is 7.69. The molecule has 9 nitrogen and oxygen atoms in total. The Morgan fingerprint density at radius 3 is 2.58 bits per heavy atom. The molecule has 5 aromatic heterocycles. The SMILES string of the molecule is CN(C)CC(N)c1cc(F)cc(-c2cncc3[nH]c(-c4n[nH]c5ccc(-c6cncc(OCc7ccccc7)c6)nc45)cc23)c1. The molecule has 0 spiro atoms. The number of benzene rings is 2. The Morgan fingerprint density at radius 1 is 0.889 bits per heavy atom. The van der Waals surface area contributed by atoms with Crippen LogP contribution in [0.4, 0.5) is 4.39 Å². The minimum atomic E-state index is -0.344. The summed E-state index contributed by atoms with van der Waals surface area (Å²) in [5, 5.41) is 8.58. The fourth-order valence-electron chi connectivity index (χ4n) is 5.52. The van der Waals surface area contributed by atoms with Crippen molar-refractivity contribution in [3.05, 3.63) is 115 Å². The fourth-order valence-corrected chi connectivity index (χ4v) is 5.52. The number of likely N-dealkylation sites (N-methyl/N-ethyl adjacent to an activating group) is 1. The molecule has 5 heterocycles. The minimum absolute atomic E-state index is 0.328. The van der Waals surface area contributed by atoms with Crippen LogP contribution in [0.5, 0.6) is 5.75 Å². The zero-order valence-corrected chi connectivity index (χ0v) is 24.8. The molecule has 0 saturated carbocycles. The average molecular weight is 599 g/mol. The highest BCUT2D eigenvalue weighted by molar-refractivity contribution is 6.00. The molecule has 0 fully saturated rings. The van der Waals surface area contributed by atoms with Gasteiger partial charge < -0.3 is 20.4 Å². The Kier molecular flexibility index (Phi) is 7.50. The first kappa shape index (κ1) is 28.3. The van der Waals surface area contributed by atoms with E-state index in [2.05, 4.69) is 25.1 Å². The second-order valence-electron chi connectivity index (χ2n) is 11.3. The van der Waals surface area contributed by atoms with E-state index in [1.54, 1.807) is 24.8 Å². The van der Waals surface area contributed by atoms with Crippen molar-refractivity contribution in [2.24, 2.45) is 5.73 Å². The van der Waals surface area contributed by atoms with Gasteiger partial charge in [0.25, 0.3) is 0 Å². The van der Waals surface area contributed by atoms with Gasteiger partial charge in [-0.3, -0.25) is 15.1 Å². The number of aromatic amines is 2. The third kappa shape index (κ3) is 5.88. The second-order valence-corrected chi connectivity index (χ2v) is 11.3. The molecule has 10 heteroatoms. The van der Waals surface area contributed by atoms with E-state index >= 15 is 0 Å². The topological polar surface area (TPSA) is 122 Å². The van der Waals surface area contributed by atoms with Gasteiger partial charge in [-0.15, -0.1) is 0 Å². The number of fused-ring (bicyclic) bond motifs is 2. The number of nitrogens with one attached hydrogen (secondary N) is 2. The number of hydrogen-bond acceptors (Lipinski definition) is 7. The van der Waals surface area contributed by atoms with Gasteiger partial charge in [0.2, 0.25) is 0 Å². The van der Waals surface area contributed by atoms with Crippen LogP contribution in [0, 0.1) is 5.82 Å². The smallest absolute Gasteiger partial charge is 0.138 e. The first-order valence-corrected chi connectivity index (χ1v) is 14.6. The molecule has 0 saturated heterocycles. The Balaban J connectivity index is 1.22. The van der Waals surface area contributed by atoms with Crippen molar-refractivity contribution < 1.29 is 9.13 Å². The molecule has 0 aliphatic heterocycles. The summed E-state index contributed by atoms with van der Waals surface area (Å²) in [7, 11) is 3.89. The zero-order valence-electron chi connectivity index (χ0n) is 24.8. The lowest BCUT2D eigenvalue weighted by Gasteiger charge is -2.18. The molecule has 45 heavy (non-hydrogen) atoms. The molecule has 1 atom stereocenters. The molecule has 0 bridgehead atoms. The van der Waals surface area contributed by atoms with Gasteiger partial charge in [-0.25, -0.2) is 9.37 Å². The van der Waals surface area contributed by atoms with Crippen molar-refractivity contribution in [2.75, 3.05) is 20.6 Å². The molecule has 0 amide bonds. The Labute approximate surface area is 258 Å². The van der Waals surface area contributed by atoms with Crippen molar-refractivity contribution in [2.45, 2.75) is 12.6 Å². The van der Waals surface area contributed by atoms with Crippen molar-refractivity contribution in [1.29, 1.82) is 0 Å². The van der Waals surface area contributed by atoms with Gasteiger partial charge >= 0.3 is 0 Å². The molecule has 4 N–H and O–H groups in total. The number of hydrogen-bond donors (Lipinski definition) is 3. The van der Waals surface area contributed by atoms with Gasteiger partial charge in [0.1, 0.15) is 29.4 Å². The van der Waals surface area contributed by atoms with Crippen LogP contribution in [0.3, 0.4) is 0 Å². The summed E-state index contributed by atoms with van der Waals surface area (Å²) in [6.45, 7) is 1.04. The average Bonchev–Trinajstić information content (AvgIpc) is 3.68. The predicted molar refractivity (Wildman–Crippen MR) is 174 cm³/mol. The third-order valence-corrected chi connectivity index (χ3v) is 7.69. The number of nitrogens with zero attached hydrogens (tertiary/aromatic N) is 5. The number of halogens is 1. The summed E-state index contributed by atoms with van der Waals surface area (Å²) in [5.74, 6) is 0.313. The van der Waals surface area contributed by atoms with Gasteiger partial charge in [0, 0.05) is 41.5 Å². The lowest BCUT2D eigenvalue weighted by molar-refractivity contribution is 0.305. The monoisotopic (exact) mass is 598 g/mol.